The fraction of sp³-hybridized carbons (Fsp3) is 0.467. The summed E-state index contributed by atoms with van der Waals surface area (Å²) in [6, 6.07) is 3.59. The summed E-state index contributed by atoms with van der Waals surface area (Å²) in [5.41, 5.74) is 0.802. The van der Waals surface area contributed by atoms with E-state index in [4.69, 9.17) is 0 Å². The Balaban J connectivity index is 1.71. The number of pyridine rings is 1. The van der Waals surface area contributed by atoms with Crippen molar-refractivity contribution in [3.8, 4) is 5.69 Å². The van der Waals surface area contributed by atoms with Gasteiger partial charge >= 0.3 is 0 Å². The molecule has 0 unspecified atom stereocenters. The van der Waals surface area contributed by atoms with Crippen LogP contribution in [-0.2, 0) is 4.79 Å². The highest BCUT2D eigenvalue weighted by atomic mass is 16.2. The summed E-state index contributed by atoms with van der Waals surface area (Å²) in [6.07, 6.45) is 4.85. The first-order valence-corrected chi connectivity index (χ1v) is 6.97. The minimum absolute atomic E-state index is 0.0132. The lowest BCUT2D eigenvalue weighted by molar-refractivity contribution is -0.118. The van der Waals surface area contributed by atoms with Gasteiger partial charge in [-0.15, -0.1) is 0 Å². The van der Waals surface area contributed by atoms with Crippen molar-refractivity contribution in [2.24, 2.45) is 16.7 Å². The summed E-state index contributed by atoms with van der Waals surface area (Å²) in [7, 11) is 0. The zero-order chi connectivity index (χ0) is 15.3. The fourth-order valence-corrected chi connectivity index (χ4v) is 2.98. The van der Waals surface area contributed by atoms with Crippen LogP contribution < -0.4 is 5.32 Å². The molecule has 2 heterocycles. The number of carbonyl (C=O) groups excluding carboxylic acids is 1. The zero-order valence-corrected chi connectivity index (χ0v) is 12.7. The highest BCUT2D eigenvalue weighted by Crippen LogP contribution is 2.68. The number of anilines is 1. The third kappa shape index (κ3) is 2.11. The van der Waals surface area contributed by atoms with Gasteiger partial charge in [-0.2, -0.15) is 15.0 Å². The molecule has 21 heavy (non-hydrogen) atoms. The Morgan fingerprint density at radius 3 is 2.24 bits per heavy atom. The van der Waals surface area contributed by atoms with Crippen molar-refractivity contribution in [2.75, 3.05) is 5.32 Å². The summed E-state index contributed by atoms with van der Waals surface area (Å²) in [6.45, 7) is 8.49. The number of rotatable bonds is 3. The van der Waals surface area contributed by atoms with Gasteiger partial charge in [0.05, 0.1) is 18.6 Å². The van der Waals surface area contributed by atoms with Gasteiger partial charge in [0, 0.05) is 5.92 Å². The molecule has 3 rings (SSSR count). The van der Waals surface area contributed by atoms with E-state index < -0.39 is 0 Å². The van der Waals surface area contributed by atoms with E-state index in [0.717, 1.165) is 5.69 Å². The standard InChI is InChI=1S/C15H19N5O/c1-14(2)12(15(14,3)4)13(21)19-11-6-5-10(9-16-11)20-17-7-8-18-20/h5-9,12H,1-4H3,(H,16,19,21). The molecule has 0 spiro atoms. The van der Waals surface area contributed by atoms with E-state index in [0.29, 0.717) is 5.82 Å². The number of nitrogens with zero attached hydrogens (tertiary/aromatic N) is 4. The number of carbonyl (C=O) groups is 1. The van der Waals surface area contributed by atoms with Crippen LogP contribution in [0, 0.1) is 16.7 Å². The Bertz CT molecular complexity index is 644. The molecule has 1 amide bonds. The van der Waals surface area contributed by atoms with E-state index in [1.165, 1.54) is 4.80 Å². The van der Waals surface area contributed by atoms with Crippen LogP contribution in [0.25, 0.3) is 5.69 Å². The SMILES string of the molecule is CC1(C)C(C(=O)Nc2ccc(-n3nccn3)cn2)C1(C)C. The summed E-state index contributed by atoms with van der Waals surface area (Å²) in [4.78, 5) is 18.1. The van der Waals surface area contributed by atoms with E-state index in [-0.39, 0.29) is 22.7 Å². The van der Waals surface area contributed by atoms with Gasteiger partial charge in [0.1, 0.15) is 11.5 Å². The van der Waals surface area contributed by atoms with Crippen molar-refractivity contribution in [2.45, 2.75) is 27.7 Å². The van der Waals surface area contributed by atoms with Gasteiger partial charge < -0.3 is 5.32 Å². The highest BCUT2D eigenvalue weighted by Gasteiger charge is 2.68. The number of nitrogens with one attached hydrogen (secondary N) is 1. The van der Waals surface area contributed by atoms with Crippen molar-refractivity contribution in [1.29, 1.82) is 0 Å². The van der Waals surface area contributed by atoms with Crippen LogP contribution in [0.2, 0.25) is 0 Å². The maximum absolute atomic E-state index is 12.3. The molecule has 0 bridgehead atoms. The Morgan fingerprint density at radius 2 is 1.76 bits per heavy atom. The zero-order valence-electron chi connectivity index (χ0n) is 12.7. The van der Waals surface area contributed by atoms with Crippen LogP contribution in [0.5, 0.6) is 0 Å². The minimum atomic E-state index is 0.0132. The number of hydrogen-bond acceptors (Lipinski definition) is 4. The highest BCUT2D eigenvalue weighted by molar-refractivity contribution is 5.95. The van der Waals surface area contributed by atoms with Gasteiger partial charge in [-0.1, -0.05) is 27.7 Å². The second-order valence-electron chi connectivity index (χ2n) is 6.59. The fourth-order valence-electron chi connectivity index (χ4n) is 2.98. The maximum atomic E-state index is 12.3. The lowest BCUT2D eigenvalue weighted by atomic mass is 10.0. The van der Waals surface area contributed by atoms with Gasteiger partial charge in [-0.25, -0.2) is 4.98 Å². The third-order valence-corrected chi connectivity index (χ3v) is 4.93. The predicted molar refractivity (Wildman–Crippen MR) is 78.8 cm³/mol. The quantitative estimate of drug-likeness (QED) is 0.939. The Labute approximate surface area is 123 Å². The van der Waals surface area contributed by atoms with E-state index in [9.17, 15) is 4.79 Å². The lowest BCUT2D eigenvalue weighted by Crippen LogP contribution is -2.18. The average Bonchev–Trinajstić information content (AvgIpc) is 2.80. The summed E-state index contributed by atoms with van der Waals surface area (Å²) < 4.78 is 0. The second-order valence-corrected chi connectivity index (χ2v) is 6.59. The molecule has 6 heteroatoms. The molecule has 6 nitrogen and oxygen atoms in total. The van der Waals surface area contributed by atoms with Gasteiger partial charge in [0.25, 0.3) is 0 Å². The first-order valence-electron chi connectivity index (χ1n) is 6.97. The Hall–Kier alpha value is -2.24. The van der Waals surface area contributed by atoms with Crippen LogP contribution in [0.1, 0.15) is 27.7 Å². The molecule has 1 N–H and O–H groups in total. The molecule has 0 aromatic carbocycles. The van der Waals surface area contributed by atoms with E-state index >= 15 is 0 Å². The first kappa shape index (κ1) is 13.7. The Kier molecular flexibility index (Phi) is 2.86. The molecule has 0 radical (unpaired) electrons. The van der Waals surface area contributed by atoms with Gasteiger partial charge in [-0.3, -0.25) is 4.79 Å². The number of hydrogen-bond donors (Lipinski definition) is 1. The van der Waals surface area contributed by atoms with Gasteiger partial charge in [-0.05, 0) is 23.0 Å². The maximum Gasteiger partial charge on any atom is 0.229 e. The molecule has 2 aromatic rings. The first-order chi connectivity index (χ1) is 9.84. The average molecular weight is 285 g/mol. The summed E-state index contributed by atoms with van der Waals surface area (Å²) in [5, 5.41) is 11.0. The van der Waals surface area contributed by atoms with Crippen LogP contribution in [0.4, 0.5) is 5.82 Å². The molecular weight excluding hydrogens is 266 g/mol. The molecule has 1 aliphatic carbocycles. The Morgan fingerprint density at radius 1 is 1.14 bits per heavy atom. The topological polar surface area (TPSA) is 72.7 Å². The van der Waals surface area contributed by atoms with Gasteiger partial charge in [0.15, 0.2) is 0 Å². The largest absolute Gasteiger partial charge is 0.310 e. The molecular formula is C15H19N5O. The van der Waals surface area contributed by atoms with Crippen molar-refractivity contribution >= 4 is 11.7 Å². The smallest absolute Gasteiger partial charge is 0.229 e. The van der Waals surface area contributed by atoms with Gasteiger partial charge in [0.2, 0.25) is 5.91 Å². The summed E-state index contributed by atoms with van der Waals surface area (Å²) in [5.74, 6) is 0.594. The molecule has 2 aromatic heterocycles. The normalized spacial score (nSPS) is 19.2. The van der Waals surface area contributed by atoms with E-state index in [1.807, 2.05) is 6.07 Å². The molecule has 1 fully saturated rings. The van der Waals surface area contributed by atoms with Crippen LogP contribution in [-0.4, -0.2) is 25.9 Å². The monoisotopic (exact) mass is 285 g/mol. The van der Waals surface area contributed by atoms with E-state index in [1.54, 1.807) is 24.7 Å². The van der Waals surface area contributed by atoms with Crippen LogP contribution in [0.3, 0.4) is 0 Å². The van der Waals surface area contributed by atoms with Crippen molar-refractivity contribution in [3.63, 3.8) is 0 Å². The minimum Gasteiger partial charge on any atom is -0.310 e. The molecule has 1 aliphatic rings. The van der Waals surface area contributed by atoms with Crippen LogP contribution in [0.15, 0.2) is 30.7 Å². The second kappa shape index (κ2) is 4.38. The van der Waals surface area contributed by atoms with Crippen LogP contribution >= 0.6 is 0 Å². The van der Waals surface area contributed by atoms with Crippen molar-refractivity contribution < 1.29 is 4.79 Å². The molecule has 1 saturated carbocycles. The van der Waals surface area contributed by atoms with E-state index in [2.05, 4.69) is 48.2 Å². The third-order valence-electron chi connectivity index (χ3n) is 4.93. The summed E-state index contributed by atoms with van der Waals surface area (Å²) >= 11 is 0. The molecule has 0 aliphatic heterocycles. The molecule has 0 saturated heterocycles. The van der Waals surface area contributed by atoms with Crippen molar-refractivity contribution in [3.05, 3.63) is 30.7 Å². The molecule has 110 valence electrons. The van der Waals surface area contributed by atoms with Crippen molar-refractivity contribution in [1.82, 2.24) is 20.0 Å². The predicted octanol–water partition coefficient (Wildman–Crippen LogP) is 2.28. The number of amides is 1. The number of aromatic nitrogens is 4. The lowest BCUT2D eigenvalue weighted by Gasteiger charge is -2.06. The molecule has 0 atom stereocenters.